The highest BCUT2D eigenvalue weighted by Gasteiger charge is 2.55. The average Bonchev–Trinajstić information content (AvgIpc) is 3.44. The van der Waals surface area contributed by atoms with E-state index in [1.165, 1.54) is 50.3 Å². The van der Waals surface area contributed by atoms with Crippen LogP contribution in [0.4, 0.5) is 0 Å². The van der Waals surface area contributed by atoms with Crippen LogP contribution in [0.1, 0.15) is 44.3 Å². The summed E-state index contributed by atoms with van der Waals surface area (Å²) in [6.07, 6.45) is 9.25. The van der Waals surface area contributed by atoms with Gasteiger partial charge in [0.05, 0.1) is 5.57 Å². The molecule has 6 nitrogen and oxygen atoms in total. The molecule has 4 bridgehead atoms. The maximum Gasteiger partial charge on any atom is 0.283 e. The minimum Gasteiger partial charge on any atom is -0.457 e. The lowest BCUT2D eigenvalue weighted by Gasteiger charge is -2.56. The van der Waals surface area contributed by atoms with Crippen molar-refractivity contribution in [1.82, 2.24) is 5.01 Å². The van der Waals surface area contributed by atoms with Gasteiger partial charge in [-0.15, -0.1) is 0 Å². The topological polar surface area (TPSA) is 82.0 Å². The summed E-state index contributed by atoms with van der Waals surface area (Å²) in [6.45, 7) is 0. The zero-order chi connectivity index (χ0) is 23.0. The number of furan rings is 1. The summed E-state index contributed by atoms with van der Waals surface area (Å²) in [7, 11) is 0. The fraction of sp³-hybridized carbons (Fsp3) is 0.385. The van der Waals surface area contributed by atoms with E-state index in [0.29, 0.717) is 21.7 Å². The molecular weight excluding hydrogens is 468 g/mol. The van der Waals surface area contributed by atoms with Crippen LogP contribution in [0.2, 0.25) is 5.02 Å². The van der Waals surface area contributed by atoms with Crippen LogP contribution in [0.25, 0.3) is 17.4 Å². The maximum atomic E-state index is 12.9. The number of aliphatic imine (C=N–C) groups is 1. The third-order valence-electron chi connectivity index (χ3n) is 7.97. The van der Waals surface area contributed by atoms with Gasteiger partial charge in [-0.05, 0) is 98.4 Å². The number of carbonyl (C=O) groups is 1. The summed E-state index contributed by atoms with van der Waals surface area (Å²) in [5.74, 6) is 3.18. The Kier molecular flexibility index (Phi) is 4.52. The third-order valence-corrected chi connectivity index (χ3v) is 9.36. The number of nitrogens with one attached hydrogen (secondary N) is 1. The summed E-state index contributed by atoms with van der Waals surface area (Å²) in [5.41, 5.74) is 1.15. The second-order valence-electron chi connectivity index (χ2n) is 10.3. The number of hydrazone groups is 1. The molecule has 2 aromatic rings. The van der Waals surface area contributed by atoms with Crippen molar-refractivity contribution in [2.45, 2.75) is 38.5 Å². The number of amidine groups is 2. The minimum absolute atomic E-state index is 0.0583. The number of thioether (sulfide) groups is 1. The Bertz CT molecular complexity index is 1300. The molecule has 0 saturated heterocycles. The van der Waals surface area contributed by atoms with Crippen molar-refractivity contribution in [2.75, 3.05) is 0 Å². The predicted octanol–water partition coefficient (Wildman–Crippen LogP) is 6.44. The number of benzene rings is 1. The van der Waals surface area contributed by atoms with E-state index in [2.05, 4.69) is 4.99 Å². The molecule has 0 atom stereocenters. The lowest BCUT2D eigenvalue weighted by Crippen LogP contribution is -2.49. The van der Waals surface area contributed by atoms with Crippen molar-refractivity contribution in [3.05, 3.63) is 52.8 Å². The van der Waals surface area contributed by atoms with Crippen molar-refractivity contribution in [2.24, 2.45) is 33.3 Å². The monoisotopic (exact) mass is 490 g/mol. The van der Waals surface area contributed by atoms with Crippen molar-refractivity contribution >= 4 is 51.4 Å². The van der Waals surface area contributed by atoms with E-state index >= 15 is 0 Å². The number of hydrogen-bond donors (Lipinski definition) is 1. The SMILES string of the molecule is N=C1C(=Cc2ccc(-c3cccc(Cl)c3)o2)C(=O)N=C2SC(C34CC5CC(CC(C5)C3)C4)=NN12. The molecule has 1 aromatic carbocycles. The van der Waals surface area contributed by atoms with Crippen molar-refractivity contribution in [1.29, 1.82) is 5.41 Å². The summed E-state index contributed by atoms with van der Waals surface area (Å²) in [5, 5.41) is 17.4. The number of hydrogen-bond acceptors (Lipinski definition) is 5. The van der Waals surface area contributed by atoms with Gasteiger partial charge in [0, 0.05) is 16.0 Å². The lowest BCUT2D eigenvalue weighted by atomic mass is 9.50. The fourth-order valence-corrected chi connectivity index (χ4v) is 8.25. The number of nitrogens with zero attached hydrogens (tertiary/aromatic N) is 3. The van der Waals surface area contributed by atoms with E-state index in [9.17, 15) is 4.79 Å². The molecule has 0 unspecified atom stereocenters. The highest BCUT2D eigenvalue weighted by atomic mass is 35.5. The van der Waals surface area contributed by atoms with Crippen LogP contribution in [-0.4, -0.2) is 27.0 Å². The summed E-state index contributed by atoms with van der Waals surface area (Å²) >= 11 is 7.60. The van der Waals surface area contributed by atoms with E-state index < -0.39 is 5.91 Å². The Balaban J connectivity index is 1.18. The van der Waals surface area contributed by atoms with Gasteiger partial charge in [-0.25, -0.2) is 0 Å². The Morgan fingerprint density at radius 1 is 1.12 bits per heavy atom. The van der Waals surface area contributed by atoms with Gasteiger partial charge in [0.15, 0.2) is 5.84 Å². The molecule has 8 rings (SSSR count). The first kappa shape index (κ1) is 20.7. The Hall–Kier alpha value is -2.64. The molecule has 0 spiro atoms. The van der Waals surface area contributed by atoms with Crippen LogP contribution in [0.5, 0.6) is 0 Å². The summed E-state index contributed by atoms with van der Waals surface area (Å²) < 4.78 is 5.93. The number of amides is 1. The van der Waals surface area contributed by atoms with Gasteiger partial charge in [0.1, 0.15) is 16.6 Å². The average molecular weight is 491 g/mol. The quantitative estimate of drug-likeness (QED) is 0.502. The molecule has 4 fully saturated rings. The Morgan fingerprint density at radius 3 is 2.56 bits per heavy atom. The first-order valence-electron chi connectivity index (χ1n) is 11.8. The van der Waals surface area contributed by atoms with Gasteiger partial charge in [-0.2, -0.15) is 15.1 Å². The van der Waals surface area contributed by atoms with Crippen LogP contribution in [0.3, 0.4) is 0 Å². The van der Waals surface area contributed by atoms with Crippen LogP contribution in [-0.2, 0) is 4.79 Å². The van der Waals surface area contributed by atoms with Crippen molar-refractivity contribution < 1.29 is 9.21 Å². The standard InChI is InChI=1S/C26H23ClN4O2S/c27-18-3-1-2-17(9-18)21-5-4-19(33-21)10-20-22(28)31-25(29-23(20)32)34-24(30-31)26-11-14-6-15(12-26)8-16(7-14)13-26/h1-5,9-10,14-16,28H,6-8,11-13H2. The molecule has 8 heteroatoms. The number of fused-ring (bicyclic) bond motifs is 1. The largest absolute Gasteiger partial charge is 0.457 e. The molecule has 2 aliphatic heterocycles. The Morgan fingerprint density at radius 2 is 1.85 bits per heavy atom. The molecule has 4 aliphatic carbocycles. The molecule has 34 heavy (non-hydrogen) atoms. The van der Waals surface area contributed by atoms with Crippen LogP contribution >= 0.6 is 23.4 Å². The highest BCUT2D eigenvalue weighted by Crippen LogP contribution is 2.62. The zero-order valence-corrected chi connectivity index (χ0v) is 20.0. The van der Waals surface area contributed by atoms with Crippen LogP contribution in [0, 0.1) is 28.6 Å². The van der Waals surface area contributed by atoms with Gasteiger partial charge < -0.3 is 4.42 Å². The smallest absolute Gasteiger partial charge is 0.283 e. The highest BCUT2D eigenvalue weighted by molar-refractivity contribution is 8.27. The van der Waals surface area contributed by atoms with E-state index in [1.54, 1.807) is 23.2 Å². The lowest BCUT2D eigenvalue weighted by molar-refractivity contribution is -0.114. The van der Waals surface area contributed by atoms with Gasteiger partial charge >= 0.3 is 0 Å². The van der Waals surface area contributed by atoms with Crippen molar-refractivity contribution in [3.63, 3.8) is 0 Å². The Labute approximate surface area is 206 Å². The number of halogens is 1. The minimum atomic E-state index is -0.425. The summed E-state index contributed by atoms with van der Waals surface area (Å²) in [4.78, 5) is 17.2. The molecular formula is C26H23ClN4O2S. The fourth-order valence-electron chi connectivity index (χ4n) is 6.95. The van der Waals surface area contributed by atoms with E-state index in [1.807, 2.05) is 24.3 Å². The van der Waals surface area contributed by atoms with E-state index in [4.69, 9.17) is 26.5 Å². The normalized spacial score (nSPS) is 32.9. The van der Waals surface area contributed by atoms with E-state index in [-0.39, 0.29) is 16.8 Å². The third kappa shape index (κ3) is 3.24. The summed E-state index contributed by atoms with van der Waals surface area (Å²) in [6, 6.07) is 11.0. The first-order valence-corrected chi connectivity index (χ1v) is 13.0. The molecule has 0 radical (unpaired) electrons. The molecule has 1 amide bonds. The first-order chi connectivity index (χ1) is 16.5. The maximum absolute atomic E-state index is 12.9. The molecule has 1 aromatic heterocycles. The number of carbonyl (C=O) groups excluding carboxylic acids is 1. The van der Waals surface area contributed by atoms with Gasteiger partial charge in [-0.3, -0.25) is 10.2 Å². The second kappa shape index (κ2) is 7.43. The van der Waals surface area contributed by atoms with Crippen LogP contribution < -0.4 is 0 Å². The van der Waals surface area contributed by atoms with Gasteiger partial charge in [-0.1, -0.05) is 23.7 Å². The molecule has 4 saturated carbocycles. The van der Waals surface area contributed by atoms with Gasteiger partial charge in [0.2, 0.25) is 5.17 Å². The molecule has 6 aliphatic rings. The molecule has 1 N–H and O–H groups in total. The van der Waals surface area contributed by atoms with Crippen molar-refractivity contribution in [3.8, 4) is 11.3 Å². The van der Waals surface area contributed by atoms with Gasteiger partial charge in [0.25, 0.3) is 5.91 Å². The molecule has 3 heterocycles. The number of rotatable bonds is 3. The zero-order valence-electron chi connectivity index (χ0n) is 18.5. The van der Waals surface area contributed by atoms with Crippen LogP contribution in [0.15, 0.2) is 56.5 Å². The van der Waals surface area contributed by atoms with E-state index in [0.717, 1.165) is 28.4 Å². The molecule has 172 valence electrons. The predicted molar refractivity (Wildman–Crippen MR) is 135 cm³/mol. The second-order valence-corrected chi connectivity index (χ2v) is 11.7.